The molecule has 1 N–H and O–H groups in total. The van der Waals surface area contributed by atoms with Crippen molar-refractivity contribution in [1.82, 2.24) is 20.1 Å². The van der Waals surface area contributed by atoms with Gasteiger partial charge in [-0.2, -0.15) is 0 Å². The summed E-state index contributed by atoms with van der Waals surface area (Å²) < 4.78 is 7.07. The minimum atomic E-state index is -0.576. The second-order valence-electron chi connectivity index (χ2n) is 7.91. The van der Waals surface area contributed by atoms with Crippen LogP contribution in [0.15, 0.2) is 71.9 Å². The van der Waals surface area contributed by atoms with Crippen LogP contribution in [0, 0.1) is 10.1 Å². The summed E-state index contributed by atoms with van der Waals surface area (Å²) in [6.45, 7) is 1.77. The standard InChI is InChI=1S/C25H21Cl2N5O4S/c1-15(28-24(33)21-11-6-17(26)13-22(21)27)23-29-30-25(37-14-16-4-3-5-20(12-16)36-2)31(23)18-7-9-19(10-8-18)32(34)35/h3-13,15H,14H2,1-2H3,(H,28,33). The molecule has 1 amide bonds. The van der Waals surface area contributed by atoms with Crippen LogP contribution >= 0.6 is 35.0 Å². The number of methoxy groups -OCH3 is 1. The first-order valence-electron chi connectivity index (χ1n) is 11.0. The van der Waals surface area contributed by atoms with Gasteiger partial charge in [0.15, 0.2) is 11.0 Å². The van der Waals surface area contributed by atoms with Crippen molar-refractivity contribution < 1.29 is 14.5 Å². The number of nitrogens with zero attached hydrogens (tertiary/aromatic N) is 4. The molecular formula is C25H21Cl2N5O4S. The third kappa shape index (κ3) is 6.22. The third-order valence-corrected chi connectivity index (χ3v) is 6.94. The van der Waals surface area contributed by atoms with Crippen LogP contribution in [0.4, 0.5) is 5.69 Å². The maximum atomic E-state index is 12.9. The highest BCUT2D eigenvalue weighted by Crippen LogP contribution is 2.30. The first-order chi connectivity index (χ1) is 17.8. The summed E-state index contributed by atoms with van der Waals surface area (Å²) in [4.78, 5) is 23.6. The van der Waals surface area contributed by atoms with Crippen LogP contribution in [0.3, 0.4) is 0 Å². The third-order valence-electron chi connectivity index (χ3n) is 5.39. The Morgan fingerprint density at radius 2 is 1.89 bits per heavy atom. The zero-order chi connectivity index (χ0) is 26.5. The average Bonchev–Trinajstić information content (AvgIpc) is 3.31. The molecule has 1 aromatic heterocycles. The van der Waals surface area contributed by atoms with Gasteiger partial charge in [-0.25, -0.2) is 0 Å². The summed E-state index contributed by atoms with van der Waals surface area (Å²) >= 11 is 13.6. The second-order valence-corrected chi connectivity index (χ2v) is 9.70. The number of thioether (sulfide) groups is 1. The van der Waals surface area contributed by atoms with E-state index in [0.29, 0.717) is 27.4 Å². The first-order valence-corrected chi connectivity index (χ1v) is 12.7. The summed E-state index contributed by atoms with van der Waals surface area (Å²) in [5, 5.41) is 23.9. The molecule has 0 spiro atoms. The Bertz CT molecular complexity index is 1450. The molecule has 4 aromatic rings. The molecule has 1 atom stereocenters. The van der Waals surface area contributed by atoms with Crippen LogP contribution in [0.1, 0.15) is 34.7 Å². The maximum Gasteiger partial charge on any atom is 0.269 e. The van der Waals surface area contributed by atoms with E-state index in [1.165, 1.54) is 30.0 Å². The summed E-state index contributed by atoms with van der Waals surface area (Å²) in [7, 11) is 1.61. The van der Waals surface area contributed by atoms with Crippen molar-refractivity contribution in [3.05, 3.63) is 104 Å². The molecule has 190 valence electrons. The molecule has 4 rings (SSSR count). The number of nitro benzene ring substituents is 1. The topological polar surface area (TPSA) is 112 Å². The van der Waals surface area contributed by atoms with E-state index in [9.17, 15) is 14.9 Å². The number of ether oxygens (including phenoxy) is 1. The number of benzene rings is 3. The molecule has 3 aromatic carbocycles. The molecule has 1 heterocycles. The molecule has 0 radical (unpaired) electrons. The Morgan fingerprint density at radius 1 is 1.14 bits per heavy atom. The molecule has 0 saturated heterocycles. The van der Waals surface area contributed by atoms with Crippen molar-refractivity contribution in [2.24, 2.45) is 0 Å². The van der Waals surface area contributed by atoms with Gasteiger partial charge in [-0.3, -0.25) is 19.5 Å². The Morgan fingerprint density at radius 3 is 2.57 bits per heavy atom. The van der Waals surface area contributed by atoms with Crippen LogP contribution in [-0.4, -0.2) is 32.7 Å². The first kappa shape index (κ1) is 26.5. The lowest BCUT2D eigenvalue weighted by Gasteiger charge is -2.17. The average molecular weight is 558 g/mol. The number of rotatable bonds is 9. The number of non-ortho nitro benzene ring substituents is 1. The molecule has 9 nitrogen and oxygen atoms in total. The van der Waals surface area contributed by atoms with E-state index in [1.54, 1.807) is 42.9 Å². The number of aromatic nitrogens is 3. The fourth-order valence-electron chi connectivity index (χ4n) is 3.54. The van der Waals surface area contributed by atoms with Crippen molar-refractivity contribution >= 4 is 46.6 Å². The Kier molecular flexibility index (Phi) is 8.32. The lowest BCUT2D eigenvalue weighted by atomic mass is 10.2. The minimum Gasteiger partial charge on any atom is -0.497 e. The van der Waals surface area contributed by atoms with Gasteiger partial charge in [-0.05, 0) is 55.0 Å². The Hall–Kier alpha value is -3.60. The van der Waals surface area contributed by atoms with Gasteiger partial charge in [0.2, 0.25) is 0 Å². The van der Waals surface area contributed by atoms with Crippen LogP contribution in [0.5, 0.6) is 5.75 Å². The molecule has 37 heavy (non-hydrogen) atoms. The van der Waals surface area contributed by atoms with Crippen LogP contribution in [0.25, 0.3) is 5.69 Å². The van der Waals surface area contributed by atoms with Gasteiger partial charge in [0.05, 0.1) is 28.7 Å². The van der Waals surface area contributed by atoms with Crippen molar-refractivity contribution in [3.63, 3.8) is 0 Å². The fourth-order valence-corrected chi connectivity index (χ4v) is 4.94. The second kappa shape index (κ2) is 11.6. The van der Waals surface area contributed by atoms with E-state index in [-0.39, 0.29) is 16.3 Å². The van der Waals surface area contributed by atoms with Crippen molar-refractivity contribution in [3.8, 4) is 11.4 Å². The maximum absolute atomic E-state index is 12.9. The monoisotopic (exact) mass is 557 g/mol. The number of hydrogen-bond acceptors (Lipinski definition) is 7. The van der Waals surface area contributed by atoms with Gasteiger partial charge in [0.1, 0.15) is 5.75 Å². The lowest BCUT2D eigenvalue weighted by Crippen LogP contribution is -2.28. The van der Waals surface area contributed by atoms with E-state index >= 15 is 0 Å². The zero-order valence-electron chi connectivity index (χ0n) is 19.7. The van der Waals surface area contributed by atoms with Crippen LogP contribution in [-0.2, 0) is 5.75 Å². The van der Waals surface area contributed by atoms with Crippen LogP contribution in [0.2, 0.25) is 10.0 Å². The van der Waals surface area contributed by atoms with Gasteiger partial charge in [-0.15, -0.1) is 10.2 Å². The number of amides is 1. The van der Waals surface area contributed by atoms with Crippen molar-refractivity contribution in [2.45, 2.75) is 23.9 Å². The predicted octanol–water partition coefficient (Wildman–Crippen LogP) is 6.27. The number of nitro groups is 1. The zero-order valence-corrected chi connectivity index (χ0v) is 22.0. The highest BCUT2D eigenvalue weighted by atomic mass is 35.5. The Labute approximate surface area is 226 Å². The van der Waals surface area contributed by atoms with Crippen molar-refractivity contribution in [2.75, 3.05) is 7.11 Å². The van der Waals surface area contributed by atoms with Gasteiger partial charge in [0, 0.05) is 28.6 Å². The SMILES string of the molecule is COc1cccc(CSc2nnc(C(C)NC(=O)c3ccc(Cl)cc3Cl)n2-c2ccc([N+](=O)[O-])cc2)c1. The van der Waals surface area contributed by atoms with Crippen LogP contribution < -0.4 is 10.1 Å². The number of hydrogen-bond donors (Lipinski definition) is 1. The highest BCUT2D eigenvalue weighted by Gasteiger charge is 2.23. The smallest absolute Gasteiger partial charge is 0.269 e. The summed E-state index contributed by atoms with van der Waals surface area (Å²) in [5.74, 6) is 1.36. The van der Waals surface area contributed by atoms with Gasteiger partial charge in [-0.1, -0.05) is 47.1 Å². The van der Waals surface area contributed by atoms with E-state index in [4.69, 9.17) is 27.9 Å². The predicted molar refractivity (Wildman–Crippen MR) is 143 cm³/mol. The molecule has 0 aliphatic rings. The molecule has 1 unspecified atom stereocenters. The molecule has 0 aliphatic carbocycles. The minimum absolute atomic E-state index is 0.0392. The van der Waals surface area contributed by atoms with Crippen molar-refractivity contribution in [1.29, 1.82) is 0 Å². The van der Waals surface area contributed by atoms with E-state index in [0.717, 1.165) is 11.3 Å². The summed E-state index contributed by atoms with van der Waals surface area (Å²) in [6, 6.07) is 17.8. The van der Waals surface area contributed by atoms with E-state index in [1.807, 2.05) is 24.3 Å². The molecular weight excluding hydrogens is 537 g/mol. The van der Waals surface area contributed by atoms with E-state index < -0.39 is 16.9 Å². The molecule has 0 fully saturated rings. The largest absolute Gasteiger partial charge is 0.497 e. The molecule has 12 heteroatoms. The quantitative estimate of drug-likeness (QED) is 0.146. The Balaban J connectivity index is 1.65. The van der Waals surface area contributed by atoms with Gasteiger partial charge in [0.25, 0.3) is 11.6 Å². The van der Waals surface area contributed by atoms with Gasteiger partial charge >= 0.3 is 0 Å². The molecule has 0 bridgehead atoms. The number of carbonyl (C=O) groups is 1. The fraction of sp³-hybridized carbons (Fsp3) is 0.160. The van der Waals surface area contributed by atoms with Gasteiger partial charge < -0.3 is 10.1 Å². The number of halogens is 2. The number of nitrogens with one attached hydrogen (secondary N) is 1. The van der Waals surface area contributed by atoms with E-state index in [2.05, 4.69) is 15.5 Å². The summed E-state index contributed by atoms with van der Waals surface area (Å²) in [5.41, 5.74) is 1.86. The molecule has 0 saturated carbocycles. The molecule has 0 aliphatic heterocycles. The normalized spacial score (nSPS) is 11.7. The summed E-state index contributed by atoms with van der Waals surface area (Å²) in [6.07, 6.45) is 0. The highest BCUT2D eigenvalue weighted by molar-refractivity contribution is 7.98. The lowest BCUT2D eigenvalue weighted by molar-refractivity contribution is -0.384. The number of carbonyl (C=O) groups excluding carboxylic acids is 1.